The van der Waals surface area contributed by atoms with Gasteiger partial charge in [-0.3, -0.25) is 0 Å². The van der Waals surface area contributed by atoms with E-state index in [1.807, 2.05) is 0 Å². The fraction of sp³-hybridized carbons (Fsp3) is 1.00. The first-order valence-electron chi connectivity index (χ1n) is 13.8. The van der Waals surface area contributed by atoms with Crippen LogP contribution < -0.4 is 5.32 Å². The highest BCUT2D eigenvalue weighted by Crippen LogP contribution is 2.15. The lowest BCUT2D eigenvalue weighted by atomic mass is 10.0. The molecule has 0 aromatic rings. The molecule has 1 atom stereocenters. The van der Waals surface area contributed by atoms with Gasteiger partial charge in [0.05, 0.1) is 0 Å². The minimum Gasteiger partial charge on any atom is -0.317 e. The Balaban J connectivity index is 0.00000135. The van der Waals surface area contributed by atoms with Crippen molar-refractivity contribution >= 4 is 9.24 Å². The number of rotatable bonds is 21. The van der Waals surface area contributed by atoms with Crippen LogP contribution in [-0.4, -0.2) is 19.3 Å². The van der Waals surface area contributed by atoms with Crippen molar-refractivity contribution in [3.8, 4) is 0 Å². The molecule has 1 saturated heterocycles. The summed E-state index contributed by atoms with van der Waals surface area (Å²) in [6.45, 7) is 4.80. The Bertz CT molecular complexity index is 236. The van der Waals surface area contributed by atoms with Gasteiger partial charge in [-0.25, -0.2) is 0 Å². The molecule has 0 aromatic heterocycles. The topological polar surface area (TPSA) is 12.0 Å². The zero-order chi connectivity index (χ0) is 21.1. The minimum absolute atomic E-state index is 1.25. The van der Waals surface area contributed by atoms with E-state index in [0.717, 1.165) is 0 Å². The highest BCUT2D eigenvalue weighted by Gasteiger charge is 1.95. The first-order valence-corrected chi connectivity index (χ1v) is 14.6. The van der Waals surface area contributed by atoms with E-state index < -0.39 is 0 Å². The monoisotopic (exact) mass is 427 g/mol. The molecule has 1 aliphatic rings. The molecule has 0 radical (unpaired) electrons. The van der Waals surface area contributed by atoms with Gasteiger partial charge in [0.15, 0.2) is 0 Å². The summed E-state index contributed by atoms with van der Waals surface area (Å²) in [6, 6.07) is 0. The normalized spacial score (nSPS) is 13.4. The Morgan fingerprint density at radius 3 is 0.931 bits per heavy atom. The van der Waals surface area contributed by atoms with Crippen molar-refractivity contribution in [2.75, 3.05) is 19.3 Å². The second-order valence-corrected chi connectivity index (χ2v) is 9.89. The Morgan fingerprint density at radius 2 is 0.724 bits per heavy atom. The van der Waals surface area contributed by atoms with Crippen molar-refractivity contribution in [1.82, 2.24) is 5.32 Å². The second-order valence-electron chi connectivity index (χ2n) is 9.32. The summed E-state index contributed by atoms with van der Waals surface area (Å²) in [6.07, 6.45) is 35.0. The van der Waals surface area contributed by atoms with Gasteiger partial charge in [-0.1, -0.05) is 135 Å². The van der Waals surface area contributed by atoms with Crippen LogP contribution in [0.4, 0.5) is 0 Å². The van der Waals surface area contributed by atoms with Crippen molar-refractivity contribution in [3.05, 3.63) is 0 Å². The van der Waals surface area contributed by atoms with E-state index in [1.54, 1.807) is 0 Å². The summed E-state index contributed by atoms with van der Waals surface area (Å²) in [4.78, 5) is 0. The molecule has 1 heterocycles. The van der Waals surface area contributed by atoms with Crippen LogP contribution >= 0.6 is 9.24 Å². The molecule has 0 spiro atoms. The van der Waals surface area contributed by atoms with Gasteiger partial charge in [-0.2, -0.15) is 0 Å². The maximum absolute atomic E-state index is 3.22. The van der Waals surface area contributed by atoms with Crippen LogP contribution in [0.1, 0.15) is 155 Å². The molecule has 1 nitrogen and oxygen atoms in total. The molecule has 1 rings (SSSR count). The lowest BCUT2D eigenvalue weighted by Gasteiger charge is -2.04. The molecule has 29 heavy (non-hydrogen) atoms. The number of hydrogen-bond acceptors (Lipinski definition) is 1. The summed E-state index contributed by atoms with van der Waals surface area (Å²) in [5.74, 6) is 0. The molecule has 0 aromatic carbocycles. The molecule has 176 valence electrons. The molecule has 2 heteroatoms. The van der Waals surface area contributed by atoms with Gasteiger partial charge in [0.2, 0.25) is 0 Å². The Hall–Kier alpha value is 0.390. The zero-order valence-corrected chi connectivity index (χ0v) is 21.6. The largest absolute Gasteiger partial charge is 0.317 e. The first-order chi connectivity index (χ1) is 14.4. The molecule has 0 aliphatic carbocycles. The summed E-state index contributed by atoms with van der Waals surface area (Å²) in [7, 11) is 2.84. The van der Waals surface area contributed by atoms with Crippen molar-refractivity contribution in [3.63, 3.8) is 0 Å². The lowest BCUT2D eigenvalue weighted by molar-refractivity contribution is 0.521. The second kappa shape index (κ2) is 28.4. The average Bonchev–Trinajstić information content (AvgIpc) is 3.33. The van der Waals surface area contributed by atoms with Crippen LogP contribution in [-0.2, 0) is 0 Å². The van der Waals surface area contributed by atoms with Gasteiger partial charge in [0.1, 0.15) is 0 Å². The van der Waals surface area contributed by atoms with Gasteiger partial charge < -0.3 is 5.32 Å². The third kappa shape index (κ3) is 28.4. The summed E-state index contributed by atoms with van der Waals surface area (Å²) in [5, 5.41) is 3.22. The maximum Gasteiger partial charge on any atom is -0.00484 e. The highest BCUT2D eigenvalue weighted by molar-refractivity contribution is 7.16. The lowest BCUT2D eigenvalue weighted by Crippen LogP contribution is -2.03. The molecular formula is C27H58NP. The van der Waals surface area contributed by atoms with Crippen LogP contribution in [0, 0.1) is 0 Å². The van der Waals surface area contributed by atoms with E-state index in [-0.39, 0.29) is 0 Å². The summed E-state index contributed by atoms with van der Waals surface area (Å²) < 4.78 is 0. The summed E-state index contributed by atoms with van der Waals surface area (Å²) >= 11 is 0. The van der Waals surface area contributed by atoms with Crippen LogP contribution in [0.3, 0.4) is 0 Å². The van der Waals surface area contributed by atoms with E-state index in [1.165, 1.54) is 167 Å². The Kier molecular flexibility index (Phi) is 28.8. The number of unbranched alkanes of at least 4 members (excludes halogenated alkanes) is 20. The number of nitrogens with one attached hydrogen (secondary N) is 1. The maximum atomic E-state index is 3.22. The molecule has 0 amide bonds. The van der Waals surface area contributed by atoms with Crippen molar-refractivity contribution in [2.45, 2.75) is 155 Å². The third-order valence-corrected chi connectivity index (χ3v) is 6.67. The van der Waals surface area contributed by atoms with Gasteiger partial charge in [-0.15, -0.1) is 9.24 Å². The van der Waals surface area contributed by atoms with Gasteiger partial charge >= 0.3 is 0 Å². The molecule has 1 N–H and O–H groups in total. The Labute approximate surface area is 188 Å². The number of hydrogen-bond donors (Lipinski definition) is 1. The van der Waals surface area contributed by atoms with Gasteiger partial charge in [-0.05, 0) is 38.5 Å². The van der Waals surface area contributed by atoms with Crippen molar-refractivity contribution < 1.29 is 0 Å². The molecule has 1 unspecified atom stereocenters. The predicted molar refractivity (Wildman–Crippen MR) is 139 cm³/mol. The quantitative estimate of drug-likeness (QED) is 0.142. The van der Waals surface area contributed by atoms with Gasteiger partial charge in [0.25, 0.3) is 0 Å². The first kappa shape index (κ1) is 29.4. The van der Waals surface area contributed by atoms with E-state index in [9.17, 15) is 0 Å². The molecule has 0 bridgehead atoms. The molecule has 1 fully saturated rings. The van der Waals surface area contributed by atoms with Crippen molar-refractivity contribution in [1.29, 1.82) is 0 Å². The highest BCUT2D eigenvalue weighted by atomic mass is 31.0. The van der Waals surface area contributed by atoms with E-state index in [0.29, 0.717) is 0 Å². The molecular weight excluding hydrogens is 369 g/mol. The Morgan fingerprint density at radius 1 is 0.448 bits per heavy atom. The molecule has 1 aliphatic heterocycles. The SMILES string of the molecule is C1CCNC1.CCCCCCCCCCCCCCCCCCCCCCCP. The third-order valence-electron chi connectivity index (χ3n) is 6.26. The van der Waals surface area contributed by atoms with E-state index >= 15 is 0 Å². The fourth-order valence-corrected chi connectivity index (χ4v) is 4.49. The smallest absolute Gasteiger partial charge is 0.00484 e. The standard InChI is InChI=1S/C23H49P.C4H9N/c1-2-3-4-5-6-7-8-9-10-11-12-13-14-15-16-17-18-19-20-21-22-23-24;1-2-4-5-3-1/h2-24H2,1H3;5H,1-4H2. The predicted octanol–water partition coefficient (Wildman–Crippen LogP) is 9.44. The summed E-state index contributed by atoms with van der Waals surface area (Å²) in [5.41, 5.74) is 0. The van der Waals surface area contributed by atoms with Gasteiger partial charge in [0, 0.05) is 0 Å². The van der Waals surface area contributed by atoms with E-state index in [2.05, 4.69) is 21.5 Å². The van der Waals surface area contributed by atoms with Crippen LogP contribution in [0.5, 0.6) is 0 Å². The van der Waals surface area contributed by atoms with Crippen LogP contribution in [0.25, 0.3) is 0 Å². The van der Waals surface area contributed by atoms with Crippen LogP contribution in [0.15, 0.2) is 0 Å². The van der Waals surface area contributed by atoms with Crippen molar-refractivity contribution in [2.24, 2.45) is 0 Å². The molecule has 0 saturated carbocycles. The average molecular weight is 428 g/mol. The van der Waals surface area contributed by atoms with E-state index in [4.69, 9.17) is 0 Å². The van der Waals surface area contributed by atoms with Crippen LogP contribution in [0.2, 0.25) is 0 Å². The minimum atomic E-state index is 1.25. The zero-order valence-electron chi connectivity index (χ0n) is 20.5. The fourth-order valence-electron chi connectivity index (χ4n) is 4.20.